The summed E-state index contributed by atoms with van der Waals surface area (Å²) in [5.41, 5.74) is 1.33. The molecule has 3 aromatic rings. The van der Waals surface area contributed by atoms with Gasteiger partial charge in [0, 0.05) is 18.1 Å². The SMILES string of the molecule is CC(=O)c1[nH]c(-c2ccc(C(F)(F)F)cc2)nc1-c1ccccc1. The molecule has 0 aliphatic heterocycles. The molecule has 1 heterocycles. The molecule has 6 heteroatoms. The smallest absolute Gasteiger partial charge is 0.335 e. The molecule has 3 nitrogen and oxygen atoms in total. The average molecular weight is 330 g/mol. The van der Waals surface area contributed by atoms with E-state index in [4.69, 9.17) is 0 Å². The minimum Gasteiger partial charge on any atom is -0.335 e. The van der Waals surface area contributed by atoms with Crippen molar-refractivity contribution in [3.63, 3.8) is 0 Å². The van der Waals surface area contributed by atoms with Crippen molar-refractivity contribution in [1.29, 1.82) is 0 Å². The van der Waals surface area contributed by atoms with Crippen LogP contribution in [0.5, 0.6) is 0 Å². The van der Waals surface area contributed by atoms with E-state index in [1.807, 2.05) is 30.3 Å². The lowest BCUT2D eigenvalue weighted by Crippen LogP contribution is -2.04. The lowest BCUT2D eigenvalue weighted by Gasteiger charge is -2.06. The van der Waals surface area contributed by atoms with E-state index in [0.29, 0.717) is 22.8 Å². The van der Waals surface area contributed by atoms with Crippen molar-refractivity contribution in [2.45, 2.75) is 13.1 Å². The third-order valence-corrected chi connectivity index (χ3v) is 3.59. The number of benzene rings is 2. The zero-order valence-corrected chi connectivity index (χ0v) is 12.7. The van der Waals surface area contributed by atoms with Crippen LogP contribution in [0.4, 0.5) is 13.2 Å². The van der Waals surface area contributed by atoms with E-state index in [1.54, 1.807) is 0 Å². The summed E-state index contributed by atoms with van der Waals surface area (Å²) in [6, 6.07) is 13.8. The lowest BCUT2D eigenvalue weighted by atomic mass is 10.1. The van der Waals surface area contributed by atoms with Crippen LogP contribution in [0.1, 0.15) is 23.0 Å². The van der Waals surface area contributed by atoms with Gasteiger partial charge in [-0.15, -0.1) is 0 Å². The van der Waals surface area contributed by atoms with E-state index in [0.717, 1.165) is 17.7 Å². The third-order valence-electron chi connectivity index (χ3n) is 3.59. The van der Waals surface area contributed by atoms with Crippen LogP contribution in [0.2, 0.25) is 0 Å². The molecular formula is C18H13F3N2O. The summed E-state index contributed by atoms with van der Waals surface area (Å²) in [5.74, 6) is 0.160. The molecule has 0 spiro atoms. The van der Waals surface area contributed by atoms with Crippen LogP contribution in [-0.2, 0) is 6.18 Å². The Kier molecular flexibility index (Phi) is 3.97. The van der Waals surface area contributed by atoms with Gasteiger partial charge in [0.15, 0.2) is 5.78 Å². The molecule has 0 radical (unpaired) electrons. The Morgan fingerprint density at radius 1 is 0.958 bits per heavy atom. The van der Waals surface area contributed by atoms with Gasteiger partial charge in [0.1, 0.15) is 11.5 Å². The van der Waals surface area contributed by atoms with Gasteiger partial charge in [-0.3, -0.25) is 4.79 Å². The number of halogens is 3. The van der Waals surface area contributed by atoms with Crippen LogP contribution in [0.25, 0.3) is 22.6 Å². The number of carbonyl (C=O) groups is 1. The summed E-state index contributed by atoms with van der Waals surface area (Å²) in [6.45, 7) is 1.41. The fourth-order valence-electron chi connectivity index (χ4n) is 2.39. The molecule has 1 N–H and O–H groups in total. The molecule has 24 heavy (non-hydrogen) atoms. The predicted molar refractivity (Wildman–Crippen MR) is 84.5 cm³/mol. The predicted octanol–water partition coefficient (Wildman–Crippen LogP) is 4.97. The molecule has 0 saturated heterocycles. The van der Waals surface area contributed by atoms with Crippen LogP contribution < -0.4 is 0 Å². The highest BCUT2D eigenvalue weighted by Crippen LogP contribution is 2.31. The first-order valence-corrected chi connectivity index (χ1v) is 7.20. The van der Waals surface area contributed by atoms with Crippen molar-refractivity contribution in [1.82, 2.24) is 9.97 Å². The monoisotopic (exact) mass is 330 g/mol. The largest absolute Gasteiger partial charge is 0.416 e. The molecule has 122 valence electrons. The van der Waals surface area contributed by atoms with Crippen LogP contribution in [0.15, 0.2) is 54.6 Å². The maximum atomic E-state index is 12.6. The van der Waals surface area contributed by atoms with Gasteiger partial charge in [-0.05, 0) is 12.1 Å². The molecule has 0 unspecified atom stereocenters. The Labute approximate surface area is 136 Å². The van der Waals surface area contributed by atoms with E-state index in [1.165, 1.54) is 19.1 Å². The number of aromatic amines is 1. The number of nitrogens with one attached hydrogen (secondary N) is 1. The van der Waals surface area contributed by atoms with Crippen molar-refractivity contribution in [2.24, 2.45) is 0 Å². The summed E-state index contributed by atoms with van der Waals surface area (Å²) in [7, 11) is 0. The van der Waals surface area contributed by atoms with E-state index < -0.39 is 11.7 Å². The second-order valence-electron chi connectivity index (χ2n) is 5.31. The van der Waals surface area contributed by atoms with Crippen molar-refractivity contribution in [3.05, 3.63) is 65.9 Å². The van der Waals surface area contributed by atoms with Gasteiger partial charge in [0.25, 0.3) is 0 Å². The molecule has 1 aromatic heterocycles. The summed E-state index contributed by atoms with van der Waals surface area (Å²) < 4.78 is 37.9. The van der Waals surface area contributed by atoms with Gasteiger partial charge in [0.2, 0.25) is 0 Å². The number of rotatable bonds is 3. The fraction of sp³-hybridized carbons (Fsp3) is 0.111. The van der Waals surface area contributed by atoms with E-state index >= 15 is 0 Å². The summed E-state index contributed by atoms with van der Waals surface area (Å²) >= 11 is 0. The highest BCUT2D eigenvalue weighted by Gasteiger charge is 2.30. The van der Waals surface area contributed by atoms with Crippen molar-refractivity contribution < 1.29 is 18.0 Å². The number of carbonyl (C=O) groups excluding carboxylic acids is 1. The standard InChI is InChI=1S/C18H13F3N2O/c1-11(24)15-16(12-5-3-2-4-6-12)23-17(22-15)13-7-9-14(10-8-13)18(19,20)21/h2-10H,1H3,(H,22,23). The van der Waals surface area contributed by atoms with Crippen molar-refractivity contribution in [3.8, 4) is 22.6 Å². The maximum Gasteiger partial charge on any atom is 0.416 e. The molecule has 0 saturated carbocycles. The highest BCUT2D eigenvalue weighted by molar-refractivity contribution is 5.98. The number of H-pyrrole nitrogens is 1. The number of aromatic nitrogens is 2. The summed E-state index contributed by atoms with van der Waals surface area (Å²) in [5, 5.41) is 0. The number of alkyl halides is 3. The lowest BCUT2D eigenvalue weighted by molar-refractivity contribution is -0.137. The Hall–Kier alpha value is -2.89. The van der Waals surface area contributed by atoms with Crippen LogP contribution in [-0.4, -0.2) is 15.8 Å². The Morgan fingerprint density at radius 3 is 2.12 bits per heavy atom. The molecule has 0 amide bonds. The fourth-order valence-corrected chi connectivity index (χ4v) is 2.39. The number of Topliss-reactive ketones (excluding diaryl/α,β-unsaturated/α-hetero) is 1. The second kappa shape index (κ2) is 5.96. The first-order chi connectivity index (χ1) is 11.4. The van der Waals surface area contributed by atoms with Gasteiger partial charge in [-0.2, -0.15) is 13.2 Å². The Morgan fingerprint density at radius 2 is 1.58 bits per heavy atom. The Balaban J connectivity index is 2.05. The Bertz CT molecular complexity index is 866. The molecule has 0 fully saturated rings. The number of hydrogen-bond donors (Lipinski definition) is 1. The minimum atomic E-state index is -4.39. The molecule has 0 aliphatic rings. The molecule has 0 bridgehead atoms. The van der Waals surface area contributed by atoms with E-state index in [2.05, 4.69) is 9.97 Å². The van der Waals surface area contributed by atoms with E-state index in [9.17, 15) is 18.0 Å². The number of nitrogens with zero attached hydrogens (tertiary/aromatic N) is 1. The van der Waals surface area contributed by atoms with Gasteiger partial charge in [-0.25, -0.2) is 4.98 Å². The minimum absolute atomic E-state index is 0.195. The summed E-state index contributed by atoms with van der Waals surface area (Å²) in [4.78, 5) is 19.2. The first-order valence-electron chi connectivity index (χ1n) is 7.20. The average Bonchev–Trinajstić information content (AvgIpc) is 3.00. The van der Waals surface area contributed by atoms with Gasteiger partial charge in [-0.1, -0.05) is 42.5 Å². The first kappa shape index (κ1) is 16.0. The number of ketones is 1. The molecule has 0 atom stereocenters. The van der Waals surface area contributed by atoms with Crippen molar-refractivity contribution >= 4 is 5.78 Å². The topological polar surface area (TPSA) is 45.8 Å². The number of hydrogen-bond acceptors (Lipinski definition) is 2. The van der Waals surface area contributed by atoms with Crippen LogP contribution in [0.3, 0.4) is 0 Å². The molecule has 0 aliphatic carbocycles. The van der Waals surface area contributed by atoms with Crippen LogP contribution in [0, 0.1) is 0 Å². The van der Waals surface area contributed by atoms with Gasteiger partial charge >= 0.3 is 6.18 Å². The van der Waals surface area contributed by atoms with Gasteiger partial charge < -0.3 is 4.98 Å². The zero-order chi connectivity index (χ0) is 17.3. The van der Waals surface area contributed by atoms with Gasteiger partial charge in [0.05, 0.1) is 11.3 Å². The quantitative estimate of drug-likeness (QED) is 0.690. The normalized spacial score (nSPS) is 11.5. The molecule has 2 aromatic carbocycles. The second-order valence-corrected chi connectivity index (χ2v) is 5.31. The summed E-state index contributed by atoms with van der Waals surface area (Å²) in [6.07, 6.45) is -4.39. The zero-order valence-electron chi connectivity index (χ0n) is 12.7. The van der Waals surface area contributed by atoms with E-state index in [-0.39, 0.29) is 5.78 Å². The highest BCUT2D eigenvalue weighted by atomic mass is 19.4. The maximum absolute atomic E-state index is 12.6. The molecular weight excluding hydrogens is 317 g/mol. The van der Waals surface area contributed by atoms with Crippen molar-refractivity contribution in [2.75, 3.05) is 0 Å². The molecule has 3 rings (SSSR count). The van der Waals surface area contributed by atoms with Crippen LogP contribution >= 0.6 is 0 Å². The number of imidazole rings is 1. The third kappa shape index (κ3) is 3.08.